The van der Waals surface area contributed by atoms with Crippen molar-refractivity contribution in [2.24, 2.45) is 17.8 Å². The molecule has 0 spiro atoms. The van der Waals surface area contributed by atoms with E-state index in [9.17, 15) is 9.59 Å². The second kappa shape index (κ2) is 8.46. The Morgan fingerprint density at radius 3 is 2.77 bits per heavy atom. The molecule has 5 rings (SSSR count). The Kier molecular flexibility index (Phi) is 5.52. The summed E-state index contributed by atoms with van der Waals surface area (Å²) in [5.41, 5.74) is 0.949. The third kappa shape index (κ3) is 3.99. The highest BCUT2D eigenvalue weighted by Crippen LogP contribution is 2.49. The maximum Gasteiger partial charge on any atom is 0.268 e. The number of carbonyl (C=O) groups is 1. The molecule has 0 unspecified atom stereocenters. The Bertz CT molecular complexity index is 1160. The summed E-state index contributed by atoms with van der Waals surface area (Å²) in [7, 11) is 0. The van der Waals surface area contributed by atoms with Gasteiger partial charge in [-0.05, 0) is 68.2 Å². The molecule has 0 aliphatic heterocycles. The van der Waals surface area contributed by atoms with Crippen LogP contribution >= 0.6 is 11.8 Å². The second-order valence-corrected chi connectivity index (χ2v) is 9.67. The van der Waals surface area contributed by atoms with E-state index in [0.29, 0.717) is 22.1 Å². The maximum atomic E-state index is 13.2. The summed E-state index contributed by atoms with van der Waals surface area (Å²) in [6.45, 7) is 2.13. The van der Waals surface area contributed by atoms with Crippen LogP contribution in [0.15, 0.2) is 58.6 Å². The molecule has 6 nitrogen and oxygen atoms in total. The zero-order valence-electron chi connectivity index (χ0n) is 17.5. The van der Waals surface area contributed by atoms with Crippen molar-refractivity contribution in [1.82, 2.24) is 19.9 Å². The fourth-order valence-electron chi connectivity index (χ4n) is 5.34. The standard InChI is InChI=1S/C24H26N4O2S/c1-15(20-13-16-9-10-17(20)12-16)26-21(29)14-31-24-27-22-19(8-5-11-25-22)23(30)28(24)18-6-3-2-4-7-18/h2-8,11,15-17,20H,9-10,12-14H2,1H3,(H,26,29)/t15-,16+,17+,20-/m1/s1. The van der Waals surface area contributed by atoms with Gasteiger partial charge in [-0.25, -0.2) is 9.97 Å². The molecule has 0 saturated heterocycles. The van der Waals surface area contributed by atoms with Gasteiger partial charge in [-0.2, -0.15) is 0 Å². The first kappa shape index (κ1) is 20.2. The Morgan fingerprint density at radius 2 is 2.03 bits per heavy atom. The highest BCUT2D eigenvalue weighted by Gasteiger charge is 2.42. The third-order valence-corrected chi connectivity index (χ3v) is 7.72. The van der Waals surface area contributed by atoms with Gasteiger partial charge in [0, 0.05) is 12.2 Å². The van der Waals surface area contributed by atoms with Crippen LogP contribution in [0.1, 0.15) is 32.6 Å². The molecular formula is C24H26N4O2S. The molecule has 1 aromatic carbocycles. The van der Waals surface area contributed by atoms with Gasteiger partial charge in [-0.3, -0.25) is 14.2 Å². The number of nitrogens with one attached hydrogen (secondary N) is 1. The topological polar surface area (TPSA) is 76.9 Å². The van der Waals surface area contributed by atoms with Crippen LogP contribution in [-0.2, 0) is 4.79 Å². The first-order valence-electron chi connectivity index (χ1n) is 11.0. The molecule has 0 radical (unpaired) electrons. The Balaban J connectivity index is 1.36. The zero-order chi connectivity index (χ0) is 21.4. The van der Waals surface area contributed by atoms with Gasteiger partial charge in [0.1, 0.15) is 0 Å². The van der Waals surface area contributed by atoms with Crippen molar-refractivity contribution in [3.05, 3.63) is 59.0 Å². The molecule has 2 saturated carbocycles. The smallest absolute Gasteiger partial charge is 0.268 e. The van der Waals surface area contributed by atoms with Crippen molar-refractivity contribution in [3.8, 4) is 5.69 Å². The molecule has 2 aliphatic carbocycles. The highest BCUT2D eigenvalue weighted by molar-refractivity contribution is 7.99. The van der Waals surface area contributed by atoms with E-state index in [-0.39, 0.29) is 23.3 Å². The van der Waals surface area contributed by atoms with Crippen LogP contribution < -0.4 is 10.9 Å². The van der Waals surface area contributed by atoms with E-state index in [2.05, 4.69) is 22.2 Å². The highest BCUT2D eigenvalue weighted by atomic mass is 32.2. The van der Waals surface area contributed by atoms with E-state index in [1.807, 2.05) is 30.3 Å². The monoisotopic (exact) mass is 434 g/mol. The molecule has 7 heteroatoms. The van der Waals surface area contributed by atoms with Gasteiger partial charge >= 0.3 is 0 Å². The van der Waals surface area contributed by atoms with Gasteiger partial charge in [0.25, 0.3) is 5.56 Å². The van der Waals surface area contributed by atoms with Crippen molar-refractivity contribution >= 4 is 28.7 Å². The van der Waals surface area contributed by atoms with Crippen LogP contribution in [0.2, 0.25) is 0 Å². The van der Waals surface area contributed by atoms with Crippen LogP contribution in [0.5, 0.6) is 0 Å². The summed E-state index contributed by atoms with van der Waals surface area (Å²) >= 11 is 1.28. The minimum atomic E-state index is -0.178. The van der Waals surface area contributed by atoms with Crippen LogP contribution in [0.3, 0.4) is 0 Å². The van der Waals surface area contributed by atoms with E-state index >= 15 is 0 Å². The quantitative estimate of drug-likeness (QED) is 0.472. The number of pyridine rings is 1. The maximum absolute atomic E-state index is 13.2. The van der Waals surface area contributed by atoms with E-state index in [4.69, 9.17) is 0 Å². The Hall–Kier alpha value is -2.67. The van der Waals surface area contributed by atoms with Gasteiger partial charge in [-0.15, -0.1) is 0 Å². The van der Waals surface area contributed by atoms with Gasteiger partial charge < -0.3 is 5.32 Å². The van der Waals surface area contributed by atoms with E-state index in [1.54, 1.807) is 22.9 Å². The molecule has 3 aromatic rings. The number of hydrogen-bond acceptors (Lipinski definition) is 5. The van der Waals surface area contributed by atoms with E-state index in [1.165, 1.54) is 37.4 Å². The number of nitrogens with zero attached hydrogens (tertiary/aromatic N) is 3. The molecular weight excluding hydrogens is 408 g/mol. The van der Waals surface area contributed by atoms with Crippen molar-refractivity contribution < 1.29 is 4.79 Å². The average Bonchev–Trinajstić information content (AvgIpc) is 3.42. The lowest BCUT2D eigenvalue weighted by Crippen LogP contribution is -2.41. The minimum Gasteiger partial charge on any atom is -0.353 e. The predicted molar refractivity (Wildman–Crippen MR) is 122 cm³/mol. The number of thioether (sulfide) groups is 1. The van der Waals surface area contributed by atoms with Crippen molar-refractivity contribution in [3.63, 3.8) is 0 Å². The summed E-state index contributed by atoms with van der Waals surface area (Å²) in [5, 5.41) is 4.14. The lowest BCUT2D eigenvalue weighted by molar-refractivity contribution is -0.119. The minimum absolute atomic E-state index is 0.0183. The number of para-hydroxylation sites is 1. The first-order valence-corrected chi connectivity index (χ1v) is 11.9. The van der Waals surface area contributed by atoms with E-state index in [0.717, 1.165) is 17.5 Å². The Labute approximate surface area is 185 Å². The van der Waals surface area contributed by atoms with Crippen molar-refractivity contribution in [2.75, 3.05) is 5.75 Å². The number of rotatable bonds is 6. The lowest BCUT2D eigenvalue weighted by atomic mass is 9.84. The van der Waals surface area contributed by atoms with Crippen molar-refractivity contribution in [1.29, 1.82) is 0 Å². The molecule has 2 fully saturated rings. The second-order valence-electron chi connectivity index (χ2n) is 8.73. The van der Waals surface area contributed by atoms with E-state index < -0.39 is 0 Å². The average molecular weight is 435 g/mol. The fraction of sp³-hybridized carbons (Fsp3) is 0.417. The van der Waals surface area contributed by atoms with Gasteiger partial charge in [0.15, 0.2) is 10.8 Å². The molecule has 4 atom stereocenters. The molecule has 1 amide bonds. The number of aromatic nitrogens is 3. The number of carbonyl (C=O) groups excluding carboxylic acids is 1. The van der Waals surface area contributed by atoms with Gasteiger partial charge in [0.05, 0.1) is 16.8 Å². The molecule has 2 bridgehead atoms. The number of hydrogen-bond donors (Lipinski definition) is 1. The summed E-state index contributed by atoms with van der Waals surface area (Å²) in [6, 6.07) is 13.1. The number of benzene rings is 1. The Morgan fingerprint density at radius 1 is 1.19 bits per heavy atom. The van der Waals surface area contributed by atoms with Crippen LogP contribution in [-0.4, -0.2) is 32.2 Å². The summed E-state index contributed by atoms with van der Waals surface area (Å²) in [4.78, 5) is 34.8. The van der Waals surface area contributed by atoms with Crippen molar-refractivity contribution in [2.45, 2.75) is 43.8 Å². The molecule has 2 aromatic heterocycles. The number of amides is 1. The van der Waals surface area contributed by atoms with Crippen LogP contribution in [0.25, 0.3) is 16.7 Å². The first-order chi connectivity index (χ1) is 15.1. The SMILES string of the molecule is C[C@@H](NC(=O)CSc1nc2ncccc2c(=O)n1-c1ccccc1)[C@H]1C[C@H]2CC[C@H]1C2. The van der Waals surface area contributed by atoms with Crippen LogP contribution in [0.4, 0.5) is 0 Å². The molecule has 1 N–H and O–H groups in total. The lowest BCUT2D eigenvalue weighted by Gasteiger charge is -2.28. The molecule has 31 heavy (non-hydrogen) atoms. The largest absolute Gasteiger partial charge is 0.353 e. The number of fused-ring (bicyclic) bond motifs is 3. The molecule has 2 heterocycles. The molecule has 160 valence electrons. The molecule has 2 aliphatic rings. The summed E-state index contributed by atoms with van der Waals surface area (Å²) in [6.07, 6.45) is 6.86. The van der Waals surface area contributed by atoms with Gasteiger partial charge in [0.2, 0.25) is 5.91 Å². The summed E-state index contributed by atoms with van der Waals surface area (Å²) in [5.74, 6) is 2.42. The zero-order valence-corrected chi connectivity index (χ0v) is 18.3. The fourth-order valence-corrected chi connectivity index (χ4v) is 6.15. The van der Waals surface area contributed by atoms with Gasteiger partial charge in [-0.1, -0.05) is 36.4 Å². The normalized spacial score (nSPS) is 23.2. The predicted octanol–water partition coefficient (Wildman–Crippen LogP) is 3.81. The van der Waals surface area contributed by atoms with Crippen LogP contribution in [0, 0.1) is 17.8 Å². The third-order valence-electron chi connectivity index (χ3n) is 6.78. The summed E-state index contributed by atoms with van der Waals surface area (Å²) < 4.78 is 1.57.